The van der Waals surface area contributed by atoms with Gasteiger partial charge in [0.25, 0.3) is 5.91 Å². The third-order valence-corrected chi connectivity index (χ3v) is 4.86. The van der Waals surface area contributed by atoms with E-state index in [9.17, 15) is 4.79 Å². The van der Waals surface area contributed by atoms with Gasteiger partial charge in [0, 0.05) is 19.3 Å². The summed E-state index contributed by atoms with van der Waals surface area (Å²) in [5.41, 5.74) is 1.73. The minimum absolute atomic E-state index is 0.0575. The van der Waals surface area contributed by atoms with Crippen molar-refractivity contribution >= 4 is 5.91 Å². The molecule has 0 N–H and O–H groups in total. The van der Waals surface area contributed by atoms with Gasteiger partial charge in [-0.25, -0.2) is 4.98 Å². The Morgan fingerprint density at radius 1 is 1.10 bits per heavy atom. The Labute approximate surface area is 120 Å². The van der Waals surface area contributed by atoms with Gasteiger partial charge in [0.05, 0.1) is 11.9 Å². The highest BCUT2D eigenvalue weighted by Gasteiger charge is 2.38. The summed E-state index contributed by atoms with van der Waals surface area (Å²) < 4.78 is 0. The normalized spacial score (nSPS) is 21.9. The lowest BCUT2D eigenvalue weighted by Gasteiger charge is -2.45. The van der Waals surface area contributed by atoms with Crippen molar-refractivity contribution in [2.75, 3.05) is 13.1 Å². The minimum atomic E-state index is 0.0575. The van der Waals surface area contributed by atoms with Crippen molar-refractivity contribution in [1.29, 1.82) is 0 Å². The summed E-state index contributed by atoms with van der Waals surface area (Å²) in [5.74, 6) is 0.0575. The molecule has 1 amide bonds. The van der Waals surface area contributed by atoms with E-state index in [1.54, 1.807) is 12.4 Å². The van der Waals surface area contributed by atoms with Crippen LogP contribution in [0.2, 0.25) is 0 Å². The summed E-state index contributed by atoms with van der Waals surface area (Å²) in [6.45, 7) is 3.68. The molecule has 1 aliphatic carbocycles. The van der Waals surface area contributed by atoms with Gasteiger partial charge in [-0.1, -0.05) is 19.3 Å². The summed E-state index contributed by atoms with van der Waals surface area (Å²) >= 11 is 0. The van der Waals surface area contributed by atoms with E-state index in [4.69, 9.17) is 0 Å². The van der Waals surface area contributed by atoms with Crippen molar-refractivity contribution in [3.63, 3.8) is 0 Å². The van der Waals surface area contributed by atoms with Crippen LogP contribution in [0, 0.1) is 12.3 Å². The zero-order valence-electron chi connectivity index (χ0n) is 12.3. The standard InChI is InChI=1S/C16H23N3O/c1-13-10-18-14(11-17-13)15(20)19-9-5-8-16(12-19)6-3-2-4-7-16/h10-11H,2-9,12H2,1H3. The molecular weight excluding hydrogens is 250 g/mol. The fourth-order valence-corrected chi connectivity index (χ4v) is 3.76. The summed E-state index contributed by atoms with van der Waals surface area (Å²) in [6, 6.07) is 0. The van der Waals surface area contributed by atoms with Crippen molar-refractivity contribution in [2.45, 2.75) is 51.9 Å². The number of rotatable bonds is 1. The molecule has 0 aromatic carbocycles. The molecule has 1 spiro atoms. The molecular formula is C16H23N3O. The molecule has 4 heteroatoms. The van der Waals surface area contributed by atoms with Gasteiger partial charge < -0.3 is 4.90 Å². The average Bonchev–Trinajstić information content (AvgIpc) is 2.48. The van der Waals surface area contributed by atoms with Crippen LogP contribution in [0.25, 0.3) is 0 Å². The maximum Gasteiger partial charge on any atom is 0.274 e. The Kier molecular flexibility index (Phi) is 3.72. The van der Waals surface area contributed by atoms with Gasteiger partial charge in [0.2, 0.25) is 0 Å². The van der Waals surface area contributed by atoms with Crippen molar-refractivity contribution in [1.82, 2.24) is 14.9 Å². The molecule has 2 aliphatic rings. The van der Waals surface area contributed by atoms with Crippen LogP contribution in [0.4, 0.5) is 0 Å². The van der Waals surface area contributed by atoms with Crippen LogP contribution >= 0.6 is 0 Å². The molecule has 1 aliphatic heterocycles. The Morgan fingerprint density at radius 2 is 1.85 bits per heavy atom. The molecule has 2 fully saturated rings. The largest absolute Gasteiger partial charge is 0.337 e. The number of nitrogens with zero attached hydrogens (tertiary/aromatic N) is 3. The van der Waals surface area contributed by atoms with E-state index >= 15 is 0 Å². The third-order valence-electron chi connectivity index (χ3n) is 4.86. The number of hydrogen-bond donors (Lipinski definition) is 0. The highest BCUT2D eigenvalue weighted by atomic mass is 16.2. The lowest BCUT2D eigenvalue weighted by Crippen LogP contribution is -2.47. The molecule has 1 saturated heterocycles. The monoisotopic (exact) mass is 273 g/mol. The quantitative estimate of drug-likeness (QED) is 0.790. The summed E-state index contributed by atoms with van der Waals surface area (Å²) in [6.07, 6.45) is 12.3. The first-order valence-electron chi connectivity index (χ1n) is 7.77. The zero-order chi connectivity index (χ0) is 14.0. The number of amides is 1. The van der Waals surface area contributed by atoms with E-state index < -0.39 is 0 Å². The molecule has 1 aromatic rings. The van der Waals surface area contributed by atoms with Gasteiger partial charge in [-0.3, -0.25) is 9.78 Å². The van der Waals surface area contributed by atoms with Crippen molar-refractivity contribution in [2.24, 2.45) is 5.41 Å². The highest BCUT2D eigenvalue weighted by molar-refractivity contribution is 5.92. The van der Waals surface area contributed by atoms with E-state index in [0.29, 0.717) is 11.1 Å². The van der Waals surface area contributed by atoms with Gasteiger partial charge in [-0.15, -0.1) is 0 Å². The van der Waals surface area contributed by atoms with E-state index in [-0.39, 0.29) is 5.91 Å². The van der Waals surface area contributed by atoms with Crippen molar-refractivity contribution in [3.05, 3.63) is 23.8 Å². The first-order valence-corrected chi connectivity index (χ1v) is 7.77. The molecule has 1 aromatic heterocycles. The van der Waals surface area contributed by atoms with E-state index in [1.807, 2.05) is 11.8 Å². The summed E-state index contributed by atoms with van der Waals surface area (Å²) in [7, 11) is 0. The smallest absolute Gasteiger partial charge is 0.274 e. The molecule has 3 rings (SSSR count). The second kappa shape index (κ2) is 5.51. The summed E-state index contributed by atoms with van der Waals surface area (Å²) in [4.78, 5) is 23.0. The Morgan fingerprint density at radius 3 is 2.55 bits per heavy atom. The number of piperidine rings is 1. The second-order valence-corrected chi connectivity index (χ2v) is 6.43. The Bertz CT molecular complexity index is 471. The predicted octanol–water partition coefficient (Wildman–Crippen LogP) is 2.97. The van der Waals surface area contributed by atoms with Crippen LogP contribution in [0.3, 0.4) is 0 Å². The second-order valence-electron chi connectivity index (χ2n) is 6.43. The van der Waals surface area contributed by atoms with Gasteiger partial charge in [0.1, 0.15) is 5.69 Å². The average molecular weight is 273 g/mol. The minimum Gasteiger partial charge on any atom is -0.337 e. The van der Waals surface area contributed by atoms with Crippen LogP contribution in [-0.2, 0) is 0 Å². The van der Waals surface area contributed by atoms with Gasteiger partial charge >= 0.3 is 0 Å². The number of likely N-dealkylation sites (tertiary alicyclic amines) is 1. The number of hydrogen-bond acceptors (Lipinski definition) is 3. The topological polar surface area (TPSA) is 46.1 Å². The van der Waals surface area contributed by atoms with Crippen LogP contribution in [0.5, 0.6) is 0 Å². The lowest BCUT2D eigenvalue weighted by molar-refractivity contribution is 0.0379. The first kappa shape index (κ1) is 13.5. The molecule has 108 valence electrons. The Hall–Kier alpha value is -1.45. The number of aryl methyl sites for hydroxylation is 1. The maximum atomic E-state index is 12.6. The molecule has 0 bridgehead atoms. The summed E-state index contributed by atoms with van der Waals surface area (Å²) in [5, 5.41) is 0. The van der Waals surface area contributed by atoms with Crippen LogP contribution in [-0.4, -0.2) is 33.9 Å². The van der Waals surface area contributed by atoms with E-state index in [0.717, 1.165) is 25.2 Å². The third kappa shape index (κ3) is 2.69. The van der Waals surface area contributed by atoms with Crippen LogP contribution in [0.15, 0.2) is 12.4 Å². The molecule has 0 atom stereocenters. The van der Waals surface area contributed by atoms with Crippen molar-refractivity contribution in [3.8, 4) is 0 Å². The van der Waals surface area contributed by atoms with Crippen LogP contribution in [0.1, 0.15) is 61.1 Å². The van der Waals surface area contributed by atoms with Gasteiger partial charge in [0.15, 0.2) is 0 Å². The molecule has 2 heterocycles. The fraction of sp³-hybridized carbons (Fsp3) is 0.688. The number of aromatic nitrogens is 2. The highest BCUT2D eigenvalue weighted by Crippen LogP contribution is 2.43. The Balaban J connectivity index is 1.73. The number of carbonyl (C=O) groups is 1. The van der Waals surface area contributed by atoms with E-state index in [1.165, 1.54) is 38.5 Å². The predicted molar refractivity (Wildman–Crippen MR) is 77.4 cm³/mol. The molecule has 0 radical (unpaired) electrons. The number of carbonyl (C=O) groups excluding carboxylic acids is 1. The zero-order valence-corrected chi connectivity index (χ0v) is 12.3. The molecule has 20 heavy (non-hydrogen) atoms. The molecule has 0 unspecified atom stereocenters. The molecule has 1 saturated carbocycles. The molecule has 4 nitrogen and oxygen atoms in total. The SMILES string of the molecule is Cc1cnc(C(=O)N2CCCC3(CCCCC3)C2)cn1. The van der Waals surface area contributed by atoms with Gasteiger partial charge in [-0.2, -0.15) is 0 Å². The maximum absolute atomic E-state index is 12.6. The lowest BCUT2D eigenvalue weighted by atomic mass is 9.69. The fourth-order valence-electron chi connectivity index (χ4n) is 3.76. The van der Waals surface area contributed by atoms with Crippen LogP contribution < -0.4 is 0 Å². The van der Waals surface area contributed by atoms with Crippen molar-refractivity contribution < 1.29 is 4.79 Å². The van der Waals surface area contributed by atoms with E-state index in [2.05, 4.69) is 9.97 Å². The first-order chi connectivity index (χ1) is 9.69. The van der Waals surface area contributed by atoms with Gasteiger partial charge in [-0.05, 0) is 38.0 Å².